The van der Waals surface area contributed by atoms with Crippen LogP contribution in [0.2, 0.25) is 0 Å². The standard InChI is InChI=1S/C18H26O4/c1-15(21)17(13-19)11-9-7-5-3-4-6-8-10-12-18(14-20)16(2)22/h3-12H2,1-2H3. The van der Waals surface area contributed by atoms with E-state index in [4.69, 9.17) is 0 Å². The van der Waals surface area contributed by atoms with Gasteiger partial charge >= 0.3 is 0 Å². The number of allylic oxidation sites excluding steroid dienone is 2. The Labute approximate surface area is 132 Å². The number of hydrogen-bond donors (Lipinski definition) is 0. The number of rotatable bonds is 13. The van der Waals surface area contributed by atoms with Gasteiger partial charge in [-0.3, -0.25) is 9.59 Å². The second-order valence-electron chi connectivity index (χ2n) is 5.60. The van der Waals surface area contributed by atoms with Crippen LogP contribution in [0.25, 0.3) is 0 Å². The van der Waals surface area contributed by atoms with E-state index in [0.717, 1.165) is 51.4 Å². The summed E-state index contributed by atoms with van der Waals surface area (Å²) in [7, 11) is 0. The maximum atomic E-state index is 11.0. The van der Waals surface area contributed by atoms with Gasteiger partial charge in [0.05, 0.1) is 11.1 Å². The highest BCUT2D eigenvalue weighted by Gasteiger charge is 2.05. The largest absolute Gasteiger partial charge is 0.294 e. The van der Waals surface area contributed by atoms with Crippen molar-refractivity contribution in [3.05, 3.63) is 11.1 Å². The van der Waals surface area contributed by atoms with Crippen molar-refractivity contribution in [2.75, 3.05) is 0 Å². The third-order valence-corrected chi connectivity index (χ3v) is 3.70. The van der Waals surface area contributed by atoms with E-state index in [9.17, 15) is 19.2 Å². The lowest BCUT2D eigenvalue weighted by molar-refractivity contribution is -0.114. The van der Waals surface area contributed by atoms with Crippen molar-refractivity contribution in [3.8, 4) is 0 Å². The molecular formula is C18H26O4. The van der Waals surface area contributed by atoms with Crippen LogP contribution >= 0.6 is 0 Å². The molecule has 122 valence electrons. The van der Waals surface area contributed by atoms with Gasteiger partial charge in [-0.05, 0) is 39.5 Å². The van der Waals surface area contributed by atoms with Gasteiger partial charge in [0, 0.05) is 0 Å². The van der Waals surface area contributed by atoms with Crippen LogP contribution in [0.1, 0.15) is 78.1 Å². The minimum Gasteiger partial charge on any atom is -0.294 e. The zero-order valence-corrected chi connectivity index (χ0v) is 13.7. The summed E-state index contributed by atoms with van der Waals surface area (Å²) in [5.74, 6) is 3.07. The Balaban J connectivity index is 3.48. The molecule has 0 radical (unpaired) electrons. The first-order chi connectivity index (χ1) is 10.5. The Hall–Kier alpha value is -1.76. The third kappa shape index (κ3) is 10.0. The number of Topliss-reactive ketones (excluding diaryl/α,β-unsaturated/α-hetero) is 2. The van der Waals surface area contributed by atoms with Gasteiger partial charge in [-0.2, -0.15) is 0 Å². The van der Waals surface area contributed by atoms with E-state index in [1.807, 2.05) is 0 Å². The van der Waals surface area contributed by atoms with Crippen molar-refractivity contribution in [2.24, 2.45) is 0 Å². The quantitative estimate of drug-likeness (QED) is 0.296. The van der Waals surface area contributed by atoms with Crippen LogP contribution in [0.5, 0.6) is 0 Å². The Morgan fingerprint density at radius 2 is 0.864 bits per heavy atom. The van der Waals surface area contributed by atoms with Gasteiger partial charge in [-0.15, -0.1) is 0 Å². The predicted molar refractivity (Wildman–Crippen MR) is 85.9 cm³/mol. The lowest BCUT2D eigenvalue weighted by Crippen LogP contribution is -1.97. The van der Waals surface area contributed by atoms with Gasteiger partial charge in [0.1, 0.15) is 11.9 Å². The molecule has 0 amide bonds. The average Bonchev–Trinajstić information content (AvgIpc) is 2.47. The normalized spacial score (nSPS) is 9.73. The maximum absolute atomic E-state index is 11.0. The molecule has 22 heavy (non-hydrogen) atoms. The van der Waals surface area contributed by atoms with Crippen molar-refractivity contribution in [2.45, 2.75) is 78.1 Å². The van der Waals surface area contributed by atoms with E-state index in [-0.39, 0.29) is 22.7 Å². The molecule has 0 aromatic carbocycles. The minimum atomic E-state index is -0.177. The Morgan fingerprint density at radius 3 is 1.09 bits per heavy atom. The lowest BCUT2D eigenvalue weighted by Gasteiger charge is -2.03. The van der Waals surface area contributed by atoms with Gasteiger partial charge in [-0.1, -0.05) is 38.5 Å². The van der Waals surface area contributed by atoms with E-state index in [2.05, 4.69) is 0 Å². The number of hydrogen-bond acceptors (Lipinski definition) is 4. The summed E-state index contributed by atoms with van der Waals surface area (Å²) in [5, 5.41) is 0. The second-order valence-corrected chi connectivity index (χ2v) is 5.60. The predicted octanol–water partition coefficient (Wildman–Crippen LogP) is 3.58. The molecule has 0 fully saturated rings. The molecule has 0 saturated heterocycles. The van der Waals surface area contributed by atoms with E-state index < -0.39 is 0 Å². The SMILES string of the molecule is CC(=O)C(=C=O)CCCCCCCCCCC(=C=O)C(C)=O. The smallest absolute Gasteiger partial charge is 0.166 e. The summed E-state index contributed by atoms with van der Waals surface area (Å²) >= 11 is 0. The first-order valence-corrected chi connectivity index (χ1v) is 8.02. The van der Waals surface area contributed by atoms with Crippen molar-refractivity contribution < 1.29 is 19.2 Å². The fourth-order valence-corrected chi connectivity index (χ4v) is 2.26. The third-order valence-electron chi connectivity index (χ3n) is 3.70. The van der Waals surface area contributed by atoms with Gasteiger partial charge in [-0.25, -0.2) is 9.59 Å². The molecule has 0 aliphatic carbocycles. The van der Waals surface area contributed by atoms with Crippen molar-refractivity contribution in [1.29, 1.82) is 0 Å². The molecule has 0 saturated carbocycles. The number of unbranched alkanes of at least 4 members (excludes halogenated alkanes) is 7. The van der Waals surface area contributed by atoms with Gasteiger partial charge in [0.2, 0.25) is 0 Å². The molecule has 4 heteroatoms. The number of carbonyl (C=O) groups is 2. The zero-order valence-electron chi connectivity index (χ0n) is 13.7. The fraction of sp³-hybridized carbons (Fsp3) is 0.667. The zero-order chi connectivity index (χ0) is 16.8. The number of carbonyl (C=O) groups excluding carboxylic acids is 4. The van der Waals surface area contributed by atoms with Crippen LogP contribution in [0, 0.1) is 0 Å². The van der Waals surface area contributed by atoms with Crippen LogP contribution < -0.4 is 0 Å². The van der Waals surface area contributed by atoms with Crippen LogP contribution in [-0.4, -0.2) is 23.4 Å². The monoisotopic (exact) mass is 306 g/mol. The van der Waals surface area contributed by atoms with E-state index in [0.29, 0.717) is 12.8 Å². The molecule has 0 aliphatic heterocycles. The molecule has 0 heterocycles. The molecule has 0 atom stereocenters. The Morgan fingerprint density at radius 1 is 0.591 bits per heavy atom. The molecule has 0 rings (SSSR count). The van der Waals surface area contributed by atoms with Crippen LogP contribution in [0.4, 0.5) is 0 Å². The first-order valence-electron chi connectivity index (χ1n) is 8.02. The average molecular weight is 306 g/mol. The van der Waals surface area contributed by atoms with Crippen molar-refractivity contribution in [1.82, 2.24) is 0 Å². The van der Waals surface area contributed by atoms with Crippen LogP contribution in [0.3, 0.4) is 0 Å². The molecule has 0 bridgehead atoms. The summed E-state index contributed by atoms with van der Waals surface area (Å²) in [6.45, 7) is 2.80. The van der Waals surface area contributed by atoms with Crippen molar-refractivity contribution in [3.63, 3.8) is 0 Å². The fourth-order valence-electron chi connectivity index (χ4n) is 2.26. The molecule has 4 nitrogen and oxygen atoms in total. The van der Waals surface area contributed by atoms with Crippen LogP contribution in [0.15, 0.2) is 11.1 Å². The summed E-state index contributed by atoms with van der Waals surface area (Å²) < 4.78 is 0. The highest BCUT2D eigenvalue weighted by atomic mass is 16.1. The van der Waals surface area contributed by atoms with Gasteiger partial charge in [0.25, 0.3) is 0 Å². The molecule has 0 N–H and O–H groups in total. The molecule has 0 aromatic heterocycles. The highest BCUT2D eigenvalue weighted by Crippen LogP contribution is 2.14. The summed E-state index contributed by atoms with van der Waals surface area (Å²) in [5.41, 5.74) is 0.536. The Kier molecular flexibility index (Phi) is 11.9. The topological polar surface area (TPSA) is 68.3 Å². The molecule has 0 aliphatic rings. The minimum absolute atomic E-state index is 0.177. The molecular weight excluding hydrogens is 280 g/mol. The lowest BCUT2D eigenvalue weighted by atomic mass is 10.0. The van der Waals surface area contributed by atoms with Crippen molar-refractivity contribution >= 4 is 23.4 Å². The van der Waals surface area contributed by atoms with Gasteiger partial charge in [0.15, 0.2) is 11.6 Å². The molecule has 0 unspecified atom stereocenters. The molecule has 0 aromatic rings. The summed E-state index contributed by atoms with van der Waals surface area (Å²) in [4.78, 5) is 43.0. The van der Waals surface area contributed by atoms with Gasteiger partial charge < -0.3 is 0 Å². The number of ketones is 2. The molecule has 0 spiro atoms. The highest BCUT2D eigenvalue weighted by molar-refractivity contribution is 6.00. The van der Waals surface area contributed by atoms with E-state index in [1.165, 1.54) is 13.8 Å². The summed E-state index contributed by atoms with van der Waals surface area (Å²) in [6, 6.07) is 0. The summed E-state index contributed by atoms with van der Waals surface area (Å²) in [6.07, 6.45) is 9.25. The maximum Gasteiger partial charge on any atom is 0.166 e. The first kappa shape index (κ1) is 20.2. The Bertz CT molecular complexity index is 419. The second kappa shape index (κ2) is 12.9. The van der Waals surface area contributed by atoms with E-state index in [1.54, 1.807) is 11.9 Å². The van der Waals surface area contributed by atoms with E-state index >= 15 is 0 Å². The van der Waals surface area contributed by atoms with Crippen LogP contribution in [-0.2, 0) is 19.2 Å².